The van der Waals surface area contributed by atoms with Gasteiger partial charge >= 0.3 is 0 Å². The number of benzene rings is 1. The van der Waals surface area contributed by atoms with Gasteiger partial charge in [-0.15, -0.1) is 0 Å². The van der Waals surface area contributed by atoms with Crippen molar-refractivity contribution in [1.29, 1.82) is 0 Å². The van der Waals surface area contributed by atoms with Gasteiger partial charge in [-0.25, -0.2) is 13.1 Å². The predicted octanol–water partition coefficient (Wildman–Crippen LogP) is 2.82. The van der Waals surface area contributed by atoms with Gasteiger partial charge in [0.05, 0.1) is 16.5 Å². The number of hydrogen-bond donors (Lipinski definition) is 1. The Morgan fingerprint density at radius 3 is 2.67 bits per heavy atom. The highest BCUT2D eigenvalue weighted by Gasteiger charge is 2.15. The number of sulfonamides is 1. The molecule has 0 bridgehead atoms. The summed E-state index contributed by atoms with van der Waals surface area (Å²) in [6.07, 6.45) is 1.91. The van der Waals surface area contributed by atoms with Crippen LogP contribution in [0.2, 0.25) is 5.02 Å². The van der Waals surface area contributed by atoms with Crippen LogP contribution in [0.25, 0.3) is 0 Å². The molecule has 1 aromatic rings. The molecule has 0 amide bonds. The molecule has 0 unspecified atom stereocenters. The topological polar surface area (TPSA) is 55.4 Å². The fourth-order valence-corrected chi connectivity index (χ4v) is 2.59. The lowest BCUT2D eigenvalue weighted by Gasteiger charge is -2.10. The Hall–Kier alpha value is -0.780. The van der Waals surface area contributed by atoms with E-state index in [0.717, 1.165) is 12.8 Å². The van der Waals surface area contributed by atoms with E-state index in [-0.39, 0.29) is 4.90 Å². The summed E-state index contributed by atoms with van der Waals surface area (Å²) in [5.74, 6) is 0.407. The van der Waals surface area contributed by atoms with Gasteiger partial charge in [0, 0.05) is 12.6 Å². The molecule has 6 heteroatoms. The lowest BCUT2D eigenvalue weighted by molar-refractivity contribution is 0.309. The maximum Gasteiger partial charge on any atom is 0.240 e. The summed E-state index contributed by atoms with van der Waals surface area (Å²) in [6, 6.07) is 4.45. The van der Waals surface area contributed by atoms with Gasteiger partial charge in [-0.3, -0.25) is 0 Å². The van der Waals surface area contributed by atoms with Crippen molar-refractivity contribution >= 4 is 21.6 Å². The minimum atomic E-state index is -3.47. The molecular formula is C12H18ClNO3S. The van der Waals surface area contributed by atoms with E-state index in [1.54, 1.807) is 6.92 Å². The van der Waals surface area contributed by atoms with Crippen molar-refractivity contribution in [3.05, 3.63) is 23.2 Å². The van der Waals surface area contributed by atoms with Gasteiger partial charge in [0.2, 0.25) is 10.0 Å². The van der Waals surface area contributed by atoms with Crippen LogP contribution in [0.1, 0.15) is 26.7 Å². The highest BCUT2D eigenvalue weighted by atomic mass is 35.5. The van der Waals surface area contributed by atoms with Gasteiger partial charge < -0.3 is 4.74 Å². The Morgan fingerprint density at radius 2 is 2.06 bits per heavy atom. The van der Waals surface area contributed by atoms with Crippen LogP contribution in [0.4, 0.5) is 0 Å². The average molecular weight is 292 g/mol. The summed E-state index contributed by atoms with van der Waals surface area (Å²) < 4.78 is 31.5. The van der Waals surface area contributed by atoms with Gasteiger partial charge in [0.25, 0.3) is 0 Å². The predicted molar refractivity (Wildman–Crippen MR) is 72.7 cm³/mol. The van der Waals surface area contributed by atoms with Gasteiger partial charge in [-0.05, 0) is 18.6 Å². The number of rotatable bonds is 7. The Labute approximate surface area is 113 Å². The highest BCUT2D eigenvalue weighted by Crippen LogP contribution is 2.27. The first kappa shape index (κ1) is 15.3. The molecule has 1 aromatic carbocycles. The third-order valence-corrected chi connectivity index (χ3v) is 4.16. The minimum absolute atomic E-state index is 0.167. The molecule has 0 heterocycles. The molecule has 0 spiro atoms. The van der Waals surface area contributed by atoms with Crippen LogP contribution in [-0.4, -0.2) is 21.6 Å². The van der Waals surface area contributed by atoms with E-state index in [9.17, 15) is 8.42 Å². The second kappa shape index (κ2) is 6.97. The quantitative estimate of drug-likeness (QED) is 0.786. The van der Waals surface area contributed by atoms with Crippen LogP contribution in [0, 0.1) is 0 Å². The largest absolute Gasteiger partial charge is 0.492 e. The normalized spacial score (nSPS) is 11.5. The maximum atomic E-state index is 11.8. The average Bonchev–Trinajstić information content (AvgIpc) is 2.31. The van der Waals surface area contributed by atoms with Crippen LogP contribution in [-0.2, 0) is 10.0 Å². The smallest absolute Gasteiger partial charge is 0.240 e. The fourth-order valence-electron chi connectivity index (χ4n) is 1.36. The zero-order valence-electron chi connectivity index (χ0n) is 10.6. The monoisotopic (exact) mass is 291 g/mol. The van der Waals surface area contributed by atoms with E-state index < -0.39 is 10.0 Å². The lowest BCUT2D eigenvalue weighted by atomic mass is 10.3. The Morgan fingerprint density at radius 1 is 1.33 bits per heavy atom. The number of ether oxygens (including phenoxy) is 1. The zero-order chi connectivity index (χ0) is 13.6. The third kappa shape index (κ3) is 4.15. The molecule has 1 rings (SSSR count). The molecule has 0 radical (unpaired) electrons. The van der Waals surface area contributed by atoms with Crippen LogP contribution < -0.4 is 9.46 Å². The molecule has 0 saturated carbocycles. The Bertz CT molecular complexity index is 488. The fraction of sp³-hybridized carbons (Fsp3) is 0.500. The highest BCUT2D eigenvalue weighted by molar-refractivity contribution is 7.89. The molecule has 18 heavy (non-hydrogen) atoms. The molecular weight excluding hydrogens is 274 g/mol. The lowest BCUT2D eigenvalue weighted by Crippen LogP contribution is -2.23. The van der Waals surface area contributed by atoms with Gasteiger partial charge in [0.1, 0.15) is 5.75 Å². The first-order valence-corrected chi connectivity index (χ1v) is 7.79. The van der Waals surface area contributed by atoms with E-state index in [1.807, 2.05) is 0 Å². The van der Waals surface area contributed by atoms with Gasteiger partial charge in [-0.1, -0.05) is 31.9 Å². The van der Waals surface area contributed by atoms with E-state index in [2.05, 4.69) is 11.6 Å². The first-order chi connectivity index (χ1) is 8.51. The Balaban J connectivity index is 2.93. The third-order valence-electron chi connectivity index (χ3n) is 2.30. The van der Waals surface area contributed by atoms with Crippen LogP contribution in [0.3, 0.4) is 0 Å². The molecule has 102 valence electrons. The van der Waals surface area contributed by atoms with E-state index in [1.165, 1.54) is 18.2 Å². The van der Waals surface area contributed by atoms with Crippen LogP contribution >= 0.6 is 11.6 Å². The van der Waals surface area contributed by atoms with Crippen molar-refractivity contribution in [2.24, 2.45) is 0 Å². The maximum absolute atomic E-state index is 11.8. The van der Waals surface area contributed by atoms with Crippen molar-refractivity contribution in [3.63, 3.8) is 0 Å². The first-order valence-electron chi connectivity index (χ1n) is 5.93. The Kier molecular flexibility index (Phi) is 5.91. The van der Waals surface area contributed by atoms with Crippen molar-refractivity contribution < 1.29 is 13.2 Å². The second-order valence-electron chi connectivity index (χ2n) is 3.80. The summed E-state index contributed by atoms with van der Waals surface area (Å²) in [4.78, 5) is 0.167. The van der Waals surface area contributed by atoms with E-state index in [4.69, 9.17) is 16.3 Å². The molecule has 0 aliphatic carbocycles. The van der Waals surface area contributed by atoms with Crippen molar-refractivity contribution in [1.82, 2.24) is 4.72 Å². The number of hydrogen-bond acceptors (Lipinski definition) is 3. The molecule has 0 saturated heterocycles. The summed E-state index contributed by atoms with van der Waals surface area (Å²) in [7, 11) is -3.47. The van der Waals surface area contributed by atoms with Gasteiger partial charge in [0.15, 0.2) is 0 Å². The molecule has 4 nitrogen and oxygen atoms in total. The molecule has 1 N–H and O–H groups in total. The summed E-state index contributed by atoms with van der Waals surface area (Å²) >= 11 is 5.96. The van der Waals surface area contributed by atoms with E-state index in [0.29, 0.717) is 23.9 Å². The summed E-state index contributed by atoms with van der Waals surface area (Å²) in [6.45, 7) is 4.65. The van der Waals surface area contributed by atoms with Crippen LogP contribution in [0.15, 0.2) is 23.1 Å². The number of halogens is 1. The van der Waals surface area contributed by atoms with E-state index >= 15 is 0 Å². The molecule has 0 atom stereocenters. The SMILES string of the molecule is CCCCOc1cc(S(=O)(=O)NCC)ccc1Cl. The molecule has 0 aliphatic heterocycles. The number of unbranched alkanes of at least 4 members (excludes halogenated alkanes) is 1. The summed E-state index contributed by atoms with van der Waals surface area (Å²) in [5.41, 5.74) is 0. The zero-order valence-corrected chi connectivity index (χ0v) is 12.1. The standard InChI is InChI=1S/C12H18ClNO3S/c1-3-5-8-17-12-9-10(6-7-11(12)13)18(15,16)14-4-2/h6-7,9,14H,3-5,8H2,1-2H3. The van der Waals surface area contributed by atoms with Crippen molar-refractivity contribution in [2.75, 3.05) is 13.2 Å². The molecule has 0 aliphatic rings. The van der Waals surface area contributed by atoms with Crippen LogP contribution in [0.5, 0.6) is 5.75 Å². The van der Waals surface area contributed by atoms with Crippen molar-refractivity contribution in [2.45, 2.75) is 31.6 Å². The van der Waals surface area contributed by atoms with Crippen molar-refractivity contribution in [3.8, 4) is 5.75 Å². The molecule has 0 fully saturated rings. The minimum Gasteiger partial charge on any atom is -0.492 e. The summed E-state index contributed by atoms with van der Waals surface area (Å²) in [5, 5.41) is 0.418. The number of nitrogens with one attached hydrogen (secondary N) is 1. The second-order valence-corrected chi connectivity index (χ2v) is 5.97. The molecule has 0 aromatic heterocycles. The van der Waals surface area contributed by atoms with Gasteiger partial charge in [-0.2, -0.15) is 0 Å².